The topological polar surface area (TPSA) is 31.4 Å². The maximum Gasteiger partial charge on any atom is 0.135 e. The van der Waals surface area contributed by atoms with Crippen molar-refractivity contribution in [1.82, 2.24) is 4.98 Å². The molecule has 0 spiro atoms. The average molecular weight is 407 g/mol. The molecule has 1 aromatic carbocycles. The first-order valence-electron chi connectivity index (χ1n) is 5.36. The van der Waals surface area contributed by atoms with Gasteiger partial charge < -0.3 is 9.47 Å². The van der Waals surface area contributed by atoms with Crippen molar-refractivity contribution < 1.29 is 9.47 Å². The quantitative estimate of drug-likeness (QED) is 0.679. The number of ether oxygens (including phenoxy) is 2. The number of methoxy groups -OCH3 is 1. The second kappa shape index (κ2) is 6.59. The van der Waals surface area contributed by atoms with Gasteiger partial charge in [0.1, 0.15) is 23.3 Å². The summed E-state index contributed by atoms with van der Waals surface area (Å²) in [5.74, 6) is 1.46. The zero-order chi connectivity index (χ0) is 13.8. The Labute approximate surface area is 133 Å². The minimum absolute atomic E-state index is 0.416. The SMILES string of the molecule is COc1cc(Br)c(OCc2ccnc(Cl)c2)cc1Br. The maximum atomic E-state index is 5.82. The van der Waals surface area contributed by atoms with E-state index in [0.717, 1.165) is 26.0 Å². The fourth-order valence-corrected chi connectivity index (χ4v) is 2.59. The number of benzene rings is 1. The Kier molecular flexibility index (Phi) is 5.07. The molecule has 0 amide bonds. The monoisotopic (exact) mass is 405 g/mol. The summed E-state index contributed by atoms with van der Waals surface area (Å²) in [6, 6.07) is 7.33. The van der Waals surface area contributed by atoms with Crippen LogP contribution < -0.4 is 9.47 Å². The zero-order valence-electron chi connectivity index (χ0n) is 9.99. The Morgan fingerprint density at radius 3 is 2.53 bits per heavy atom. The Bertz CT molecular complexity index is 593. The molecule has 1 heterocycles. The van der Waals surface area contributed by atoms with E-state index in [-0.39, 0.29) is 0 Å². The summed E-state index contributed by atoms with van der Waals surface area (Å²) in [5, 5.41) is 0.455. The molecule has 19 heavy (non-hydrogen) atoms. The maximum absolute atomic E-state index is 5.82. The molecular formula is C13H10Br2ClNO2. The Morgan fingerprint density at radius 2 is 1.84 bits per heavy atom. The lowest BCUT2D eigenvalue weighted by atomic mass is 10.3. The number of aromatic nitrogens is 1. The molecule has 3 nitrogen and oxygen atoms in total. The van der Waals surface area contributed by atoms with Crippen LogP contribution in [-0.4, -0.2) is 12.1 Å². The van der Waals surface area contributed by atoms with Crippen molar-refractivity contribution in [2.24, 2.45) is 0 Å². The lowest BCUT2D eigenvalue weighted by Crippen LogP contribution is -1.97. The number of nitrogens with zero attached hydrogens (tertiary/aromatic N) is 1. The number of rotatable bonds is 4. The van der Waals surface area contributed by atoms with Gasteiger partial charge in [0.2, 0.25) is 0 Å². The molecule has 2 rings (SSSR count). The molecule has 0 fully saturated rings. The van der Waals surface area contributed by atoms with E-state index in [1.807, 2.05) is 18.2 Å². The first kappa shape index (κ1) is 14.6. The summed E-state index contributed by atoms with van der Waals surface area (Å²) >= 11 is 12.7. The zero-order valence-corrected chi connectivity index (χ0v) is 13.9. The van der Waals surface area contributed by atoms with E-state index in [9.17, 15) is 0 Å². The number of pyridine rings is 1. The predicted molar refractivity (Wildman–Crippen MR) is 82.0 cm³/mol. The standard InChI is InChI=1S/C13H10Br2ClNO2/c1-18-11-5-10(15)12(6-9(11)14)19-7-8-2-3-17-13(16)4-8/h2-6H,7H2,1H3. The average Bonchev–Trinajstić information content (AvgIpc) is 2.39. The van der Waals surface area contributed by atoms with Crippen LogP contribution in [0.4, 0.5) is 0 Å². The largest absolute Gasteiger partial charge is 0.496 e. The van der Waals surface area contributed by atoms with Crippen LogP contribution in [0, 0.1) is 0 Å². The molecular weight excluding hydrogens is 397 g/mol. The third kappa shape index (κ3) is 3.84. The molecule has 0 aliphatic heterocycles. The highest BCUT2D eigenvalue weighted by atomic mass is 79.9. The highest BCUT2D eigenvalue weighted by Crippen LogP contribution is 2.36. The van der Waals surface area contributed by atoms with Crippen molar-refractivity contribution in [2.45, 2.75) is 6.61 Å². The van der Waals surface area contributed by atoms with Crippen LogP contribution in [0.25, 0.3) is 0 Å². The highest BCUT2D eigenvalue weighted by molar-refractivity contribution is 9.11. The smallest absolute Gasteiger partial charge is 0.135 e. The molecule has 0 atom stereocenters. The van der Waals surface area contributed by atoms with Gasteiger partial charge in [0.05, 0.1) is 16.1 Å². The van der Waals surface area contributed by atoms with E-state index in [1.54, 1.807) is 19.4 Å². The highest BCUT2D eigenvalue weighted by Gasteiger charge is 2.08. The first-order valence-corrected chi connectivity index (χ1v) is 7.33. The molecule has 100 valence electrons. The van der Waals surface area contributed by atoms with Gasteiger partial charge in [-0.3, -0.25) is 0 Å². The number of hydrogen-bond donors (Lipinski definition) is 0. The minimum atomic E-state index is 0.416. The third-order valence-corrected chi connectivity index (χ3v) is 3.84. The van der Waals surface area contributed by atoms with E-state index >= 15 is 0 Å². The van der Waals surface area contributed by atoms with Gasteiger partial charge in [0.25, 0.3) is 0 Å². The third-order valence-electron chi connectivity index (χ3n) is 2.39. The van der Waals surface area contributed by atoms with Crippen molar-refractivity contribution in [3.63, 3.8) is 0 Å². The van der Waals surface area contributed by atoms with Crippen molar-refractivity contribution >= 4 is 43.5 Å². The van der Waals surface area contributed by atoms with Gasteiger partial charge in [-0.1, -0.05) is 11.6 Å². The second-order valence-corrected chi connectivity index (χ2v) is 5.79. The van der Waals surface area contributed by atoms with Gasteiger partial charge in [0.15, 0.2) is 0 Å². The molecule has 0 unspecified atom stereocenters. The van der Waals surface area contributed by atoms with Crippen molar-refractivity contribution in [3.05, 3.63) is 50.1 Å². The molecule has 0 radical (unpaired) electrons. The van der Waals surface area contributed by atoms with Crippen LogP contribution >= 0.6 is 43.5 Å². The van der Waals surface area contributed by atoms with Gasteiger partial charge in [-0.25, -0.2) is 4.98 Å². The molecule has 0 aliphatic carbocycles. The summed E-state index contributed by atoms with van der Waals surface area (Å²) in [7, 11) is 1.62. The molecule has 2 aromatic rings. The van der Waals surface area contributed by atoms with Gasteiger partial charge in [0, 0.05) is 6.20 Å². The van der Waals surface area contributed by atoms with Crippen molar-refractivity contribution in [3.8, 4) is 11.5 Å². The first-order chi connectivity index (χ1) is 9.10. The van der Waals surface area contributed by atoms with E-state index in [1.165, 1.54) is 0 Å². The predicted octanol–water partition coefficient (Wildman–Crippen LogP) is 4.85. The van der Waals surface area contributed by atoms with Crippen LogP contribution in [-0.2, 0) is 6.61 Å². The van der Waals surface area contributed by atoms with Crippen LogP contribution in [0.3, 0.4) is 0 Å². The number of halogens is 3. The normalized spacial score (nSPS) is 10.3. The summed E-state index contributed by atoms with van der Waals surface area (Å²) in [6.45, 7) is 0.416. The van der Waals surface area contributed by atoms with Gasteiger partial charge in [-0.15, -0.1) is 0 Å². The van der Waals surface area contributed by atoms with Crippen molar-refractivity contribution in [1.29, 1.82) is 0 Å². The Morgan fingerprint density at radius 1 is 1.16 bits per heavy atom. The molecule has 6 heteroatoms. The summed E-state index contributed by atoms with van der Waals surface area (Å²) < 4.78 is 12.6. The van der Waals surface area contributed by atoms with Gasteiger partial charge in [-0.2, -0.15) is 0 Å². The lowest BCUT2D eigenvalue weighted by Gasteiger charge is -2.11. The minimum Gasteiger partial charge on any atom is -0.496 e. The van der Waals surface area contributed by atoms with Crippen molar-refractivity contribution in [2.75, 3.05) is 7.11 Å². The van der Waals surface area contributed by atoms with Crippen LogP contribution in [0.2, 0.25) is 5.15 Å². The second-order valence-electron chi connectivity index (χ2n) is 3.69. The van der Waals surface area contributed by atoms with Crippen LogP contribution in [0.1, 0.15) is 5.56 Å². The lowest BCUT2D eigenvalue weighted by molar-refractivity contribution is 0.303. The molecule has 1 aromatic heterocycles. The summed E-state index contributed by atoms with van der Waals surface area (Å²) in [4.78, 5) is 3.93. The van der Waals surface area contributed by atoms with E-state index in [0.29, 0.717) is 11.8 Å². The molecule has 0 saturated heterocycles. The Balaban J connectivity index is 2.13. The Hall–Kier alpha value is -0.780. The van der Waals surface area contributed by atoms with E-state index in [2.05, 4.69) is 36.8 Å². The van der Waals surface area contributed by atoms with E-state index < -0.39 is 0 Å². The summed E-state index contributed by atoms with van der Waals surface area (Å²) in [6.07, 6.45) is 1.65. The molecule has 0 saturated carbocycles. The van der Waals surface area contributed by atoms with E-state index in [4.69, 9.17) is 21.1 Å². The fraction of sp³-hybridized carbons (Fsp3) is 0.154. The molecule has 0 aliphatic rings. The number of hydrogen-bond acceptors (Lipinski definition) is 3. The van der Waals surface area contributed by atoms with Crippen LogP contribution in [0.15, 0.2) is 39.4 Å². The van der Waals surface area contributed by atoms with Gasteiger partial charge in [-0.05, 0) is 61.7 Å². The fourth-order valence-electron chi connectivity index (χ4n) is 1.47. The van der Waals surface area contributed by atoms with Gasteiger partial charge >= 0.3 is 0 Å². The summed E-state index contributed by atoms with van der Waals surface area (Å²) in [5.41, 5.74) is 0.957. The van der Waals surface area contributed by atoms with Crippen LogP contribution in [0.5, 0.6) is 11.5 Å². The molecule has 0 bridgehead atoms. The molecule has 0 N–H and O–H groups in total.